The average molecular weight is 474 g/mol. The minimum atomic E-state index is -4.87. The molecule has 1 aromatic carbocycles. The molecule has 8 nitrogen and oxygen atoms in total. The summed E-state index contributed by atoms with van der Waals surface area (Å²) in [6, 6.07) is 7.36. The number of alkyl halides is 3. The van der Waals surface area contributed by atoms with Crippen LogP contribution >= 0.6 is 0 Å². The van der Waals surface area contributed by atoms with Gasteiger partial charge in [-0.25, -0.2) is 4.98 Å². The lowest BCUT2D eigenvalue weighted by Gasteiger charge is -2.30. The van der Waals surface area contributed by atoms with Crippen LogP contribution in [0.3, 0.4) is 0 Å². The second-order valence-electron chi connectivity index (χ2n) is 8.52. The van der Waals surface area contributed by atoms with Crippen LogP contribution in [0.2, 0.25) is 0 Å². The summed E-state index contributed by atoms with van der Waals surface area (Å²) < 4.78 is 39.3. The van der Waals surface area contributed by atoms with Crippen LogP contribution in [-0.4, -0.2) is 43.9 Å². The molecule has 3 aromatic rings. The van der Waals surface area contributed by atoms with Crippen molar-refractivity contribution in [3.05, 3.63) is 48.4 Å². The molecule has 11 heteroatoms. The Morgan fingerprint density at radius 1 is 1.12 bits per heavy atom. The number of carbonyl (C=O) groups excluding carboxylic acids is 1. The Labute approximate surface area is 195 Å². The van der Waals surface area contributed by atoms with Crippen LogP contribution in [0.25, 0.3) is 11.1 Å². The molecule has 0 unspecified atom stereocenters. The topological polar surface area (TPSA) is 96.8 Å². The molecule has 2 heterocycles. The van der Waals surface area contributed by atoms with Crippen molar-refractivity contribution in [2.45, 2.75) is 50.9 Å². The molecule has 1 amide bonds. The molecule has 0 aliphatic heterocycles. The van der Waals surface area contributed by atoms with Gasteiger partial charge < -0.3 is 16.0 Å². The van der Waals surface area contributed by atoms with E-state index in [1.807, 2.05) is 44.4 Å². The first-order valence-electron chi connectivity index (χ1n) is 11.0. The normalized spacial score (nSPS) is 18.4. The van der Waals surface area contributed by atoms with E-state index in [2.05, 4.69) is 31.0 Å². The fourth-order valence-corrected chi connectivity index (χ4v) is 4.02. The standard InChI is InChI=1S/C23H26F3N7O/c1-14-4-3-5-18(10-14)31-22-27-12-19(15-11-28-33(2)13-15)20(32-22)29-16-6-8-17(9-7-16)30-21(34)23(24,25)26/h3-5,10-13,16-17H,6-9H2,1-2H3,(H,30,34)(H2,27,29,31,32)/t16-,17+. The second-order valence-corrected chi connectivity index (χ2v) is 8.52. The molecule has 180 valence electrons. The van der Waals surface area contributed by atoms with Crippen molar-refractivity contribution in [3.63, 3.8) is 0 Å². The zero-order valence-corrected chi connectivity index (χ0v) is 18.9. The molecule has 0 spiro atoms. The van der Waals surface area contributed by atoms with Gasteiger partial charge in [0.1, 0.15) is 5.82 Å². The quantitative estimate of drug-likeness (QED) is 0.493. The maximum Gasteiger partial charge on any atom is 0.471 e. The first-order chi connectivity index (χ1) is 16.2. The van der Waals surface area contributed by atoms with E-state index >= 15 is 0 Å². The molecule has 0 saturated heterocycles. The molecular formula is C23H26F3N7O. The van der Waals surface area contributed by atoms with Gasteiger partial charge in [0.25, 0.3) is 0 Å². The van der Waals surface area contributed by atoms with Crippen molar-refractivity contribution < 1.29 is 18.0 Å². The maximum absolute atomic E-state index is 12.5. The highest BCUT2D eigenvalue weighted by molar-refractivity contribution is 5.82. The van der Waals surface area contributed by atoms with E-state index in [9.17, 15) is 18.0 Å². The highest BCUT2D eigenvalue weighted by atomic mass is 19.4. The number of nitrogens with one attached hydrogen (secondary N) is 3. The Bertz CT molecular complexity index is 1150. The summed E-state index contributed by atoms with van der Waals surface area (Å²) >= 11 is 0. The van der Waals surface area contributed by atoms with Gasteiger partial charge in [0.05, 0.1) is 6.20 Å². The minimum absolute atomic E-state index is 0.00354. The van der Waals surface area contributed by atoms with Crippen LogP contribution in [0.1, 0.15) is 31.2 Å². The Morgan fingerprint density at radius 3 is 2.50 bits per heavy atom. The highest BCUT2D eigenvalue weighted by Gasteiger charge is 2.40. The highest BCUT2D eigenvalue weighted by Crippen LogP contribution is 2.30. The van der Waals surface area contributed by atoms with Crippen LogP contribution in [-0.2, 0) is 11.8 Å². The summed E-state index contributed by atoms with van der Waals surface area (Å²) in [6.07, 6.45) is 2.53. The molecular weight excluding hydrogens is 447 g/mol. The monoisotopic (exact) mass is 473 g/mol. The summed E-state index contributed by atoms with van der Waals surface area (Å²) in [4.78, 5) is 20.4. The number of halogens is 3. The van der Waals surface area contributed by atoms with E-state index in [1.54, 1.807) is 17.1 Å². The number of aryl methyl sites for hydroxylation is 2. The molecule has 1 fully saturated rings. The summed E-state index contributed by atoms with van der Waals surface area (Å²) in [5.41, 5.74) is 3.58. The van der Waals surface area contributed by atoms with Crippen molar-refractivity contribution >= 4 is 23.4 Å². The van der Waals surface area contributed by atoms with E-state index in [0.29, 0.717) is 37.4 Å². The van der Waals surface area contributed by atoms with Crippen LogP contribution in [0.15, 0.2) is 42.9 Å². The molecule has 1 aliphatic carbocycles. The third kappa shape index (κ3) is 5.83. The average Bonchev–Trinajstić information content (AvgIpc) is 3.21. The Hall–Kier alpha value is -3.63. The van der Waals surface area contributed by atoms with Gasteiger partial charge in [0, 0.05) is 48.3 Å². The molecule has 0 atom stereocenters. The largest absolute Gasteiger partial charge is 0.471 e. The molecule has 0 bridgehead atoms. The Morgan fingerprint density at radius 2 is 1.85 bits per heavy atom. The molecule has 1 saturated carbocycles. The molecule has 2 aromatic heterocycles. The van der Waals surface area contributed by atoms with Crippen LogP contribution in [0.4, 0.5) is 30.6 Å². The van der Waals surface area contributed by atoms with Crippen LogP contribution in [0.5, 0.6) is 0 Å². The molecule has 3 N–H and O–H groups in total. The number of carbonyl (C=O) groups is 1. The first-order valence-corrected chi connectivity index (χ1v) is 11.0. The van der Waals surface area contributed by atoms with E-state index < -0.39 is 18.1 Å². The lowest BCUT2D eigenvalue weighted by atomic mass is 9.91. The minimum Gasteiger partial charge on any atom is -0.367 e. The summed E-state index contributed by atoms with van der Waals surface area (Å²) in [6.45, 7) is 2.00. The lowest BCUT2D eigenvalue weighted by Crippen LogP contribution is -2.45. The van der Waals surface area contributed by atoms with Crippen molar-refractivity contribution in [2.24, 2.45) is 7.05 Å². The number of aromatic nitrogens is 4. The van der Waals surface area contributed by atoms with Gasteiger partial charge in [-0.05, 0) is 50.3 Å². The summed E-state index contributed by atoms with van der Waals surface area (Å²) in [5.74, 6) is -0.849. The van der Waals surface area contributed by atoms with Crippen LogP contribution in [0, 0.1) is 6.92 Å². The van der Waals surface area contributed by atoms with Gasteiger partial charge in [-0.3, -0.25) is 9.48 Å². The van der Waals surface area contributed by atoms with Crippen molar-refractivity contribution in [1.29, 1.82) is 0 Å². The molecule has 4 rings (SSSR count). The lowest BCUT2D eigenvalue weighted by molar-refractivity contribution is -0.174. The fourth-order valence-electron chi connectivity index (χ4n) is 4.02. The van der Waals surface area contributed by atoms with Crippen molar-refractivity contribution in [2.75, 3.05) is 10.6 Å². The maximum atomic E-state index is 12.5. The Balaban J connectivity index is 1.49. The number of rotatable bonds is 6. The first kappa shape index (κ1) is 23.5. The van der Waals surface area contributed by atoms with Gasteiger partial charge in [-0.15, -0.1) is 0 Å². The predicted octanol–water partition coefficient (Wildman–Crippen LogP) is 4.33. The predicted molar refractivity (Wildman–Crippen MR) is 123 cm³/mol. The van der Waals surface area contributed by atoms with Gasteiger partial charge in [-0.2, -0.15) is 23.3 Å². The summed E-state index contributed by atoms with van der Waals surface area (Å²) in [5, 5.41) is 13.0. The SMILES string of the molecule is Cc1cccc(Nc2ncc(-c3cnn(C)c3)c(N[C@H]3CC[C@@H](NC(=O)C(F)(F)F)CC3)n2)c1. The van der Waals surface area contributed by atoms with E-state index in [-0.39, 0.29) is 6.04 Å². The zero-order valence-electron chi connectivity index (χ0n) is 18.9. The number of benzene rings is 1. The molecule has 0 radical (unpaired) electrons. The summed E-state index contributed by atoms with van der Waals surface area (Å²) in [7, 11) is 1.82. The Kier molecular flexibility index (Phi) is 6.71. The van der Waals surface area contributed by atoms with Gasteiger partial charge >= 0.3 is 12.1 Å². The van der Waals surface area contributed by atoms with E-state index in [4.69, 9.17) is 0 Å². The number of amides is 1. The molecule has 34 heavy (non-hydrogen) atoms. The van der Waals surface area contributed by atoms with Crippen molar-refractivity contribution in [1.82, 2.24) is 25.1 Å². The third-order valence-corrected chi connectivity index (χ3v) is 5.74. The van der Waals surface area contributed by atoms with Gasteiger partial charge in [0.15, 0.2) is 0 Å². The zero-order chi connectivity index (χ0) is 24.3. The fraction of sp³-hybridized carbons (Fsp3) is 0.391. The molecule has 1 aliphatic rings. The number of nitrogens with zero attached hydrogens (tertiary/aromatic N) is 4. The van der Waals surface area contributed by atoms with Crippen molar-refractivity contribution in [3.8, 4) is 11.1 Å². The van der Waals surface area contributed by atoms with Gasteiger partial charge in [0.2, 0.25) is 5.95 Å². The number of anilines is 3. The number of hydrogen-bond acceptors (Lipinski definition) is 6. The van der Waals surface area contributed by atoms with E-state index in [1.165, 1.54) is 0 Å². The second kappa shape index (κ2) is 9.70. The number of hydrogen-bond donors (Lipinski definition) is 3. The van der Waals surface area contributed by atoms with E-state index in [0.717, 1.165) is 22.4 Å². The smallest absolute Gasteiger partial charge is 0.367 e. The third-order valence-electron chi connectivity index (χ3n) is 5.74. The van der Waals surface area contributed by atoms with Crippen LogP contribution < -0.4 is 16.0 Å². The van der Waals surface area contributed by atoms with Gasteiger partial charge in [-0.1, -0.05) is 12.1 Å².